The lowest BCUT2D eigenvalue weighted by Crippen LogP contribution is -1.97. The van der Waals surface area contributed by atoms with Crippen LogP contribution in [0.1, 0.15) is 0 Å². The fourth-order valence-corrected chi connectivity index (χ4v) is 8.61. The molecule has 0 saturated heterocycles. The van der Waals surface area contributed by atoms with E-state index in [9.17, 15) is 0 Å². The third-order valence-corrected chi connectivity index (χ3v) is 11.3. The van der Waals surface area contributed by atoms with Crippen molar-refractivity contribution in [2.45, 2.75) is 0 Å². The lowest BCUT2D eigenvalue weighted by Gasteiger charge is -2.14. The maximum atomic E-state index is 5.33. The topological polar surface area (TPSA) is 25.8 Å². The second-order valence-electron chi connectivity index (χ2n) is 13.4. The summed E-state index contributed by atoms with van der Waals surface area (Å²) in [6.07, 6.45) is 0. The molecule has 0 radical (unpaired) electrons. The van der Waals surface area contributed by atoms with E-state index in [0.717, 1.165) is 44.6 Å². The Morgan fingerprint density at radius 3 is 1.68 bits per heavy atom. The maximum Gasteiger partial charge on any atom is 0.160 e. The van der Waals surface area contributed by atoms with Crippen molar-refractivity contribution >= 4 is 42.3 Å². The predicted molar refractivity (Wildman–Crippen MR) is 225 cm³/mol. The Bertz CT molecular complexity index is 2930. The van der Waals surface area contributed by atoms with Crippen LogP contribution in [0, 0.1) is 0 Å². The molecule has 0 saturated carbocycles. The van der Waals surface area contributed by atoms with Crippen LogP contribution in [0.15, 0.2) is 194 Å². The average molecular weight is 693 g/mol. The summed E-state index contributed by atoms with van der Waals surface area (Å²) in [6.45, 7) is 0. The quantitative estimate of drug-likeness (QED) is 0.173. The van der Waals surface area contributed by atoms with Crippen molar-refractivity contribution in [3.05, 3.63) is 194 Å². The van der Waals surface area contributed by atoms with E-state index in [2.05, 4.69) is 194 Å². The van der Waals surface area contributed by atoms with Crippen LogP contribution in [0.2, 0.25) is 0 Å². The maximum absolute atomic E-state index is 5.33. The zero-order valence-corrected chi connectivity index (χ0v) is 29.6. The smallest absolute Gasteiger partial charge is 0.160 e. The standard InChI is InChI=1S/C50H32N2S/c1-3-12-33(13-4-1)36-22-25-37(26-23-36)46-32-47(52-50(51-46)39-27-24-35-16-7-8-17-38(35)28-39)42-30-40(34-14-5-2-6-15-34)29-41(31-42)43-19-11-20-45-44-18-9-10-21-48(44)53-49(43)45/h1-32H. The van der Waals surface area contributed by atoms with E-state index in [-0.39, 0.29) is 0 Å². The number of thiophene rings is 1. The van der Waals surface area contributed by atoms with Crippen molar-refractivity contribution in [1.82, 2.24) is 9.97 Å². The highest BCUT2D eigenvalue weighted by Crippen LogP contribution is 2.42. The van der Waals surface area contributed by atoms with Gasteiger partial charge < -0.3 is 0 Å². The molecule has 0 aliphatic carbocycles. The molecule has 2 nitrogen and oxygen atoms in total. The van der Waals surface area contributed by atoms with Gasteiger partial charge in [0.2, 0.25) is 0 Å². The molecule has 8 aromatic carbocycles. The van der Waals surface area contributed by atoms with Gasteiger partial charge in [-0.1, -0.05) is 158 Å². The molecule has 0 aliphatic heterocycles. The first-order valence-corrected chi connectivity index (χ1v) is 18.7. The lowest BCUT2D eigenvalue weighted by atomic mass is 9.93. The van der Waals surface area contributed by atoms with Gasteiger partial charge in [-0.25, -0.2) is 9.97 Å². The summed E-state index contributed by atoms with van der Waals surface area (Å²) in [5.41, 5.74) is 11.9. The molecule has 3 heteroatoms. The van der Waals surface area contributed by atoms with Crippen LogP contribution in [-0.2, 0) is 0 Å². The van der Waals surface area contributed by atoms with E-state index in [0.29, 0.717) is 5.82 Å². The number of hydrogen-bond acceptors (Lipinski definition) is 3. The first-order valence-electron chi connectivity index (χ1n) is 17.9. The highest BCUT2D eigenvalue weighted by molar-refractivity contribution is 7.26. The minimum absolute atomic E-state index is 0.702. The lowest BCUT2D eigenvalue weighted by molar-refractivity contribution is 1.18. The highest BCUT2D eigenvalue weighted by atomic mass is 32.1. The van der Waals surface area contributed by atoms with Gasteiger partial charge in [0.1, 0.15) is 0 Å². The van der Waals surface area contributed by atoms with Gasteiger partial charge in [-0.05, 0) is 80.6 Å². The SMILES string of the molecule is c1ccc(-c2ccc(-c3cc(-c4cc(-c5ccccc5)cc(-c5cccc6c5sc5ccccc56)c4)nc(-c4ccc5ccccc5c4)n3)cc2)cc1. The van der Waals surface area contributed by atoms with Crippen molar-refractivity contribution in [3.8, 4) is 67.3 Å². The molecule has 0 unspecified atom stereocenters. The van der Waals surface area contributed by atoms with Crippen LogP contribution in [-0.4, -0.2) is 9.97 Å². The van der Waals surface area contributed by atoms with Gasteiger partial charge in [0.15, 0.2) is 5.82 Å². The summed E-state index contributed by atoms with van der Waals surface area (Å²) in [7, 11) is 0. The largest absolute Gasteiger partial charge is 0.228 e. The van der Waals surface area contributed by atoms with Crippen LogP contribution in [0.4, 0.5) is 0 Å². The summed E-state index contributed by atoms with van der Waals surface area (Å²) in [6, 6.07) is 69.3. The Balaban J connectivity index is 1.18. The summed E-state index contributed by atoms with van der Waals surface area (Å²) < 4.78 is 2.59. The molecule has 248 valence electrons. The molecule has 0 atom stereocenters. The second kappa shape index (κ2) is 13.1. The van der Waals surface area contributed by atoms with Crippen LogP contribution in [0.3, 0.4) is 0 Å². The fraction of sp³-hybridized carbons (Fsp3) is 0. The zero-order valence-electron chi connectivity index (χ0n) is 28.8. The van der Waals surface area contributed by atoms with Crippen LogP contribution < -0.4 is 0 Å². The zero-order chi connectivity index (χ0) is 35.1. The predicted octanol–water partition coefficient (Wildman–Crippen LogP) is 14.0. The molecule has 53 heavy (non-hydrogen) atoms. The fourth-order valence-electron chi connectivity index (χ4n) is 7.37. The Hall–Kier alpha value is -6.68. The minimum Gasteiger partial charge on any atom is -0.228 e. The number of rotatable bonds is 6. The van der Waals surface area contributed by atoms with E-state index < -0.39 is 0 Å². The van der Waals surface area contributed by atoms with Gasteiger partial charge in [-0.3, -0.25) is 0 Å². The molecule has 0 N–H and O–H groups in total. The Morgan fingerprint density at radius 2 is 0.887 bits per heavy atom. The molecule has 0 spiro atoms. The molecule has 0 bridgehead atoms. The van der Waals surface area contributed by atoms with Crippen molar-refractivity contribution in [3.63, 3.8) is 0 Å². The number of benzene rings is 8. The van der Waals surface area contributed by atoms with Gasteiger partial charge in [0.05, 0.1) is 11.4 Å². The Morgan fingerprint density at radius 1 is 0.321 bits per heavy atom. The van der Waals surface area contributed by atoms with Crippen molar-refractivity contribution < 1.29 is 0 Å². The molecule has 2 heterocycles. The molecule has 10 rings (SSSR count). The average Bonchev–Trinajstić information content (AvgIpc) is 3.63. The van der Waals surface area contributed by atoms with Crippen molar-refractivity contribution in [1.29, 1.82) is 0 Å². The third-order valence-electron chi connectivity index (χ3n) is 10.1. The highest BCUT2D eigenvalue weighted by Gasteiger charge is 2.16. The van der Waals surface area contributed by atoms with Gasteiger partial charge >= 0.3 is 0 Å². The van der Waals surface area contributed by atoms with E-state index in [1.165, 1.54) is 47.8 Å². The van der Waals surface area contributed by atoms with E-state index in [4.69, 9.17) is 9.97 Å². The van der Waals surface area contributed by atoms with Gasteiger partial charge in [0.25, 0.3) is 0 Å². The van der Waals surface area contributed by atoms with Crippen molar-refractivity contribution in [2.75, 3.05) is 0 Å². The number of nitrogens with zero attached hydrogens (tertiary/aromatic N) is 2. The van der Waals surface area contributed by atoms with E-state index >= 15 is 0 Å². The third kappa shape index (κ3) is 5.87. The summed E-state index contributed by atoms with van der Waals surface area (Å²) >= 11 is 1.86. The molecular weight excluding hydrogens is 661 g/mol. The first-order chi connectivity index (χ1) is 26.2. The number of fused-ring (bicyclic) bond motifs is 4. The minimum atomic E-state index is 0.702. The Labute approximate surface area is 312 Å². The van der Waals surface area contributed by atoms with Gasteiger partial charge in [-0.15, -0.1) is 11.3 Å². The van der Waals surface area contributed by atoms with Crippen LogP contribution in [0.25, 0.3) is 98.2 Å². The summed E-state index contributed by atoms with van der Waals surface area (Å²) in [4.78, 5) is 10.6. The van der Waals surface area contributed by atoms with Crippen LogP contribution >= 0.6 is 11.3 Å². The second-order valence-corrected chi connectivity index (χ2v) is 14.5. The van der Waals surface area contributed by atoms with Crippen molar-refractivity contribution in [2.24, 2.45) is 0 Å². The van der Waals surface area contributed by atoms with Crippen LogP contribution in [0.5, 0.6) is 0 Å². The monoisotopic (exact) mass is 692 g/mol. The molecule has 0 fully saturated rings. The summed E-state index contributed by atoms with van der Waals surface area (Å²) in [5.74, 6) is 0.702. The summed E-state index contributed by atoms with van der Waals surface area (Å²) in [5, 5.41) is 4.95. The van der Waals surface area contributed by atoms with Gasteiger partial charge in [-0.2, -0.15) is 0 Å². The molecule has 0 aliphatic rings. The van der Waals surface area contributed by atoms with E-state index in [1.807, 2.05) is 11.3 Å². The molecule has 10 aromatic rings. The van der Waals surface area contributed by atoms with E-state index in [1.54, 1.807) is 0 Å². The Kier molecular flexibility index (Phi) is 7.71. The molecule has 2 aromatic heterocycles. The molecular formula is C50H32N2S. The number of aromatic nitrogens is 2. The number of hydrogen-bond donors (Lipinski definition) is 0. The first kappa shape index (κ1) is 31.1. The van der Waals surface area contributed by atoms with Gasteiger partial charge in [0, 0.05) is 36.9 Å². The molecule has 0 amide bonds. The normalized spacial score (nSPS) is 11.4.